The average Bonchev–Trinajstić information content (AvgIpc) is 2.47. The molecule has 0 aliphatic carbocycles. The highest BCUT2D eigenvalue weighted by Crippen LogP contribution is 2.27. The summed E-state index contributed by atoms with van der Waals surface area (Å²) in [5, 5.41) is 6.27. The molecular weight excluding hydrogens is 323 g/mol. The summed E-state index contributed by atoms with van der Waals surface area (Å²) in [4.78, 5) is 11.7. The molecule has 4 nitrogen and oxygen atoms in total. The number of amides is 2. The molecule has 0 aliphatic heterocycles. The number of aryl methyl sites for hydroxylation is 1. The van der Waals surface area contributed by atoms with Gasteiger partial charge >= 0.3 is 6.03 Å². The molecule has 0 bridgehead atoms. The summed E-state index contributed by atoms with van der Waals surface area (Å²) in [5.74, 6) is 0.463. The molecule has 6 heteroatoms. The molecule has 0 spiro atoms. The third kappa shape index (κ3) is 5.13. The lowest BCUT2D eigenvalue weighted by molar-refractivity contribution is 0.223. The Kier molecular flexibility index (Phi) is 5.92. The maximum Gasteiger partial charge on any atom is 0.317 e. The van der Waals surface area contributed by atoms with Crippen molar-refractivity contribution < 1.29 is 9.53 Å². The molecule has 22 heavy (non-hydrogen) atoms. The zero-order chi connectivity index (χ0) is 15.9. The Bertz CT molecular complexity index is 662. The number of urea groups is 1. The largest absolute Gasteiger partial charge is 0.472 e. The molecule has 116 valence electrons. The van der Waals surface area contributed by atoms with Gasteiger partial charge in [-0.2, -0.15) is 0 Å². The van der Waals surface area contributed by atoms with Crippen LogP contribution in [-0.4, -0.2) is 12.8 Å². The number of halogens is 2. The highest BCUT2D eigenvalue weighted by atomic mass is 35.5. The van der Waals surface area contributed by atoms with Crippen LogP contribution in [0.25, 0.3) is 0 Å². The van der Waals surface area contributed by atoms with Crippen LogP contribution in [0.15, 0.2) is 42.5 Å². The highest BCUT2D eigenvalue weighted by Gasteiger charge is 2.04. The van der Waals surface area contributed by atoms with Crippen LogP contribution in [-0.2, 0) is 6.54 Å². The maximum absolute atomic E-state index is 11.7. The van der Waals surface area contributed by atoms with Gasteiger partial charge in [-0.1, -0.05) is 53.0 Å². The first-order valence-corrected chi connectivity index (χ1v) is 7.45. The molecule has 0 aromatic heterocycles. The van der Waals surface area contributed by atoms with Gasteiger partial charge in [0.2, 0.25) is 0 Å². The second-order valence-electron chi connectivity index (χ2n) is 4.71. The summed E-state index contributed by atoms with van der Waals surface area (Å²) in [7, 11) is 0. The Balaban J connectivity index is 1.74. The number of nitrogens with one attached hydrogen (secondary N) is 2. The summed E-state index contributed by atoms with van der Waals surface area (Å²) in [6.45, 7) is 2.48. The number of hydrogen-bond acceptors (Lipinski definition) is 2. The number of benzene rings is 2. The third-order valence-electron chi connectivity index (χ3n) is 2.89. The van der Waals surface area contributed by atoms with Crippen molar-refractivity contribution in [2.75, 3.05) is 6.73 Å². The number of hydrogen-bond donors (Lipinski definition) is 2. The fourth-order valence-electron chi connectivity index (χ4n) is 1.84. The van der Waals surface area contributed by atoms with Crippen molar-refractivity contribution in [2.45, 2.75) is 13.5 Å². The van der Waals surface area contributed by atoms with Gasteiger partial charge in [0.15, 0.2) is 6.73 Å². The normalized spacial score (nSPS) is 10.1. The van der Waals surface area contributed by atoms with Crippen molar-refractivity contribution in [2.24, 2.45) is 0 Å². The Morgan fingerprint density at radius 3 is 2.68 bits per heavy atom. The minimum Gasteiger partial charge on any atom is -0.472 e. The smallest absolute Gasteiger partial charge is 0.317 e. The molecule has 0 saturated carbocycles. The topological polar surface area (TPSA) is 50.4 Å². The summed E-state index contributed by atoms with van der Waals surface area (Å²) in [5.41, 5.74) is 2.19. The summed E-state index contributed by atoms with van der Waals surface area (Å²) < 4.78 is 5.37. The highest BCUT2D eigenvalue weighted by molar-refractivity contribution is 6.35. The fraction of sp³-hybridized carbons (Fsp3) is 0.188. The summed E-state index contributed by atoms with van der Waals surface area (Å²) >= 11 is 11.8. The zero-order valence-electron chi connectivity index (χ0n) is 12.0. The van der Waals surface area contributed by atoms with Crippen molar-refractivity contribution in [3.63, 3.8) is 0 Å². The fourth-order valence-corrected chi connectivity index (χ4v) is 2.30. The molecule has 2 aromatic rings. The van der Waals surface area contributed by atoms with Gasteiger partial charge in [0.05, 0.1) is 5.02 Å². The van der Waals surface area contributed by atoms with Gasteiger partial charge in [-0.3, -0.25) is 0 Å². The third-order valence-corrected chi connectivity index (χ3v) is 3.42. The first-order valence-electron chi connectivity index (χ1n) is 6.69. The first-order chi connectivity index (χ1) is 10.5. The maximum atomic E-state index is 11.7. The van der Waals surface area contributed by atoms with Gasteiger partial charge in [0.1, 0.15) is 5.75 Å². The molecular formula is C16H16Cl2N2O2. The van der Waals surface area contributed by atoms with E-state index in [-0.39, 0.29) is 12.8 Å². The number of carbonyl (C=O) groups is 1. The Hall–Kier alpha value is -1.91. The molecule has 2 N–H and O–H groups in total. The van der Waals surface area contributed by atoms with Crippen molar-refractivity contribution in [1.82, 2.24) is 10.6 Å². The van der Waals surface area contributed by atoms with E-state index in [1.807, 2.05) is 31.2 Å². The monoisotopic (exact) mass is 338 g/mol. The molecule has 0 radical (unpaired) electrons. The standard InChI is InChI=1S/C16H16Cl2N2O2/c1-11-3-2-4-12(7-11)9-19-16(21)20-10-22-15-6-5-13(17)8-14(15)18/h2-8H,9-10H2,1H3,(H2,19,20,21). The van der Waals surface area contributed by atoms with Crippen LogP contribution in [0.2, 0.25) is 10.0 Å². The lowest BCUT2D eigenvalue weighted by Crippen LogP contribution is -2.37. The van der Waals surface area contributed by atoms with Crippen LogP contribution < -0.4 is 15.4 Å². The minimum atomic E-state index is -0.313. The van der Waals surface area contributed by atoms with Gasteiger partial charge in [-0.25, -0.2) is 4.79 Å². The van der Waals surface area contributed by atoms with E-state index >= 15 is 0 Å². The van der Waals surface area contributed by atoms with Gasteiger partial charge in [-0.05, 0) is 30.7 Å². The van der Waals surface area contributed by atoms with E-state index in [1.54, 1.807) is 18.2 Å². The molecule has 0 atom stereocenters. The SMILES string of the molecule is Cc1cccc(CNC(=O)NCOc2ccc(Cl)cc2Cl)c1. The van der Waals surface area contributed by atoms with Gasteiger partial charge in [0.25, 0.3) is 0 Å². The minimum absolute atomic E-state index is 0.0149. The van der Waals surface area contributed by atoms with E-state index in [4.69, 9.17) is 27.9 Å². The van der Waals surface area contributed by atoms with Crippen molar-refractivity contribution >= 4 is 29.2 Å². The van der Waals surface area contributed by atoms with Crippen molar-refractivity contribution in [3.8, 4) is 5.75 Å². The van der Waals surface area contributed by atoms with Crippen LogP contribution in [0, 0.1) is 6.92 Å². The quantitative estimate of drug-likeness (QED) is 0.805. The lowest BCUT2D eigenvalue weighted by Gasteiger charge is -2.10. The Morgan fingerprint density at radius 2 is 1.95 bits per heavy atom. The summed E-state index contributed by atoms with van der Waals surface area (Å²) in [6.07, 6.45) is 0. The van der Waals surface area contributed by atoms with Gasteiger partial charge < -0.3 is 15.4 Å². The lowest BCUT2D eigenvalue weighted by atomic mass is 10.1. The van der Waals surface area contributed by atoms with E-state index in [1.165, 1.54) is 0 Å². The van der Waals surface area contributed by atoms with Crippen LogP contribution in [0.4, 0.5) is 4.79 Å². The van der Waals surface area contributed by atoms with Crippen LogP contribution in [0.3, 0.4) is 0 Å². The number of ether oxygens (including phenoxy) is 1. The average molecular weight is 339 g/mol. The predicted octanol–water partition coefficient (Wildman–Crippen LogP) is 4.14. The van der Waals surface area contributed by atoms with E-state index in [9.17, 15) is 4.79 Å². The molecule has 2 amide bonds. The number of carbonyl (C=O) groups excluding carboxylic acids is 1. The van der Waals surface area contributed by atoms with Crippen LogP contribution in [0.5, 0.6) is 5.75 Å². The zero-order valence-corrected chi connectivity index (χ0v) is 13.5. The molecule has 2 aromatic carbocycles. The molecule has 0 unspecified atom stereocenters. The molecule has 0 fully saturated rings. The van der Waals surface area contributed by atoms with Crippen molar-refractivity contribution in [1.29, 1.82) is 0 Å². The first kappa shape index (κ1) is 16.5. The second kappa shape index (κ2) is 7.92. The van der Waals surface area contributed by atoms with Gasteiger partial charge in [-0.15, -0.1) is 0 Å². The number of rotatable bonds is 5. The summed E-state index contributed by atoms with van der Waals surface area (Å²) in [6, 6.07) is 12.5. The van der Waals surface area contributed by atoms with Gasteiger partial charge in [0, 0.05) is 11.6 Å². The Labute approximate surface area is 139 Å². The second-order valence-corrected chi connectivity index (χ2v) is 5.56. The molecule has 0 aliphatic rings. The van der Waals surface area contributed by atoms with E-state index in [0.29, 0.717) is 22.3 Å². The molecule has 0 heterocycles. The van der Waals surface area contributed by atoms with Crippen LogP contribution >= 0.6 is 23.2 Å². The van der Waals surface area contributed by atoms with Crippen LogP contribution in [0.1, 0.15) is 11.1 Å². The predicted molar refractivity (Wildman–Crippen MR) is 88.5 cm³/mol. The Morgan fingerprint density at radius 1 is 1.14 bits per heavy atom. The van der Waals surface area contributed by atoms with E-state index in [2.05, 4.69) is 10.6 Å². The molecule has 0 saturated heterocycles. The van der Waals surface area contributed by atoms with E-state index in [0.717, 1.165) is 11.1 Å². The molecule has 2 rings (SSSR count). The van der Waals surface area contributed by atoms with E-state index < -0.39 is 0 Å². The van der Waals surface area contributed by atoms with Crippen molar-refractivity contribution in [3.05, 3.63) is 63.6 Å².